The van der Waals surface area contributed by atoms with Gasteiger partial charge in [0.1, 0.15) is 0 Å². The molecule has 0 amide bonds. The highest BCUT2D eigenvalue weighted by molar-refractivity contribution is 5.88. The van der Waals surface area contributed by atoms with Gasteiger partial charge in [0.2, 0.25) is 6.43 Å². The highest BCUT2D eigenvalue weighted by Crippen LogP contribution is 2.34. The van der Waals surface area contributed by atoms with Gasteiger partial charge in [-0.05, 0) is 28.8 Å². The van der Waals surface area contributed by atoms with Crippen LogP contribution in [0.2, 0.25) is 0 Å². The number of nitrogens with one attached hydrogen (secondary N) is 1. The summed E-state index contributed by atoms with van der Waals surface area (Å²) in [5.74, 6) is 0. The summed E-state index contributed by atoms with van der Waals surface area (Å²) in [5, 5.41) is 5.56. The molecule has 2 aromatic carbocycles. The smallest absolute Gasteiger partial charge is 0.240 e. The van der Waals surface area contributed by atoms with Crippen molar-refractivity contribution >= 4 is 10.8 Å². The predicted molar refractivity (Wildman–Crippen MR) is 86.5 cm³/mol. The zero-order valence-corrected chi connectivity index (χ0v) is 12.9. The van der Waals surface area contributed by atoms with E-state index in [0.717, 1.165) is 42.5 Å². The number of hydrogen-bond acceptors (Lipinski definition) is 2. The van der Waals surface area contributed by atoms with Gasteiger partial charge in [0, 0.05) is 38.6 Å². The fourth-order valence-electron chi connectivity index (χ4n) is 3.40. The molecule has 0 radical (unpaired) electrons. The first-order chi connectivity index (χ1) is 10.7. The third-order valence-electron chi connectivity index (χ3n) is 4.53. The molecule has 2 aromatic rings. The summed E-state index contributed by atoms with van der Waals surface area (Å²) < 4.78 is 26.3. The van der Waals surface area contributed by atoms with Crippen LogP contribution < -0.4 is 5.32 Å². The summed E-state index contributed by atoms with van der Waals surface area (Å²) in [6.45, 7) is 5.44. The zero-order valence-electron chi connectivity index (χ0n) is 12.9. The summed E-state index contributed by atoms with van der Waals surface area (Å²) in [5.41, 5.74) is 2.22. The molecular weight excluding hydrogens is 282 g/mol. The van der Waals surface area contributed by atoms with E-state index in [1.165, 1.54) is 5.56 Å². The van der Waals surface area contributed by atoms with Crippen LogP contribution in [0.3, 0.4) is 0 Å². The van der Waals surface area contributed by atoms with Gasteiger partial charge in [-0.3, -0.25) is 4.90 Å². The lowest BCUT2D eigenvalue weighted by Crippen LogP contribution is -2.45. The molecule has 0 aliphatic carbocycles. The number of halogens is 2. The van der Waals surface area contributed by atoms with Gasteiger partial charge >= 0.3 is 0 Å². The highest BCUT2D eigenvalue weighted by Gasteiger charge is 2.26. The third-order valence-corrected chi connectivity index (χ3v) is 4.53. The number of alkyl halides is 2. The van der Waals surface area contributed by atoms with E-state index in [-0.39, 0.29) is 12.5 Å². The maximum absolute atomic E-state index is 13.2. The molecule has 118 valence electrons. The van der Waals surface area contributed by atoms with Crippen molar-refractivity contribution in [2.45, 2.75) is 25.8 Å². The maximum atomic E-state index is 13.2. The highest BCUT2D eigenvalue weighted by atomic mass is 19.3. The maximum Gasteiger partial charge on any atom is 0.240 e. The van der Waals surface area contributed by atoms with E-state index >= 15 is 0 Å². The second-order valence-corrected chi connectivity index (χ2v) is 5.95. The number of rotatable bonds is 4. The van der Waals surface area contributed by atoms with Gasteiger partial charge in [-0.1, -0.05) is 36.4 Å². The molecule has 4 heteroatoms. The Morgan fingerprint density at radius 1 is 1.05 bits per heavy atom. The van der Waals surface area contributed by atoms with Gasteiger partial charge in [0.15, 0.2) is 0 Å². The van der Waals surface area contributed by atoms with Crippen LogP contribution in [-0.4, -0.2) is 37.5 Å². The normalized spacial score (nSPS) is 18.0. The predicted octanol–water partition coefficient (Wildman–Crippen LogP) is 3.75. The molecule has 1 fully saturated rings. The second-order valence-electron chi connectivity index (χ2n) is 5.95. The molecule has 0 unspecified atom stereocenters. The van der Waals surface area contributed by atoms with Crippen LogP contribution in [0.25, 0.3) is 10.8 Å². The Labute approximate surface area is 130 Å². The van der Waals surface area contributed by atoms with E-state index in [1.807, 2.05) is 18.2 Å². The number of benzene rings is 2. The lowest BCUT2D eigenvalue weighted by molar-refractivity contribution is 0.0744. The van der Waals surface area contributed by atoms with Gasteiger partial charge in [-0.25, -0.2) is 8.78 Å². The van der Waals surface area contributed by atoms with Crippen LogP contribution >= 0.6 is 0 Å². The summed E-state index contributed by atoms with van der Waals surface area (Å²) in [4.78, 5) is 2.19. The van der Waals surface area contributed by atoms with Gasteiger partial charge in [0.25, 0.3) is 0 Å². The molecule has 3 rings (SSSR count). The molecule has 0 aromatic heterocycles. The van der Waals surface area contributed by atoms with Crippen LogP contribution in [0.1, 0.15) is 23.6 Å². The first-order valence-electron chi connectivity index (χ1n) is 7.88. The largest absolute Gasteiger partial charge is 0.314 e. The van der Waals surface area contributed by atoms with Crippen molar-refractivity contribution in [3.05, 3.63) is 47.5 Å². The van der Waals surface area contributed by atoms with Crippen molar-refractivity contribution in [2.24, 2.45) is 0 Å². The quantitative estimate of drug-likeness (QED) is 0.925. The Morgan fingerprint density at radius 2 is 1.73 bits per heavy atom. The molecule has 1 N–H and O–H groups in total. The molecule has 1 heterocycles. The molecule has 0 spiro atoms. The minimum absolute atomic E-state index is 0.104. The minimum Gasteiger partial charge on any atom is -0.314 e. The fraction of sp³-hybridized carbons (Fsp3) is 0.444. The Bertz CT molecular complexity index is 636. The van der Waals surface area contributed by atoms with Gasteiger partial charge in [-0.2, -0.15) is 0 Å². The van der Waals surface area contributed by atoms with E-state index < -0.39 is 6.43 Å². The summed E-state index contributed by atoms with van der Waals surface area (Å²) >= 11 is 0. The van der Waals surface area contributed by atoms with Crippen molar-refractivity contribution in [3.8, 4) is 0 Å². The first-order valence-corrected chi connectivity index (χ1v) is 7.88. The van der Waals surface area contributed by atoms with Crippen molar-refractivity contribution in [1.29, 1.82) is 0 Å². The average Bonchev–Trinajstić information content (AvgIpc) is 2.54. The van der Waals surface area contributed by atoms with Crippen LogP contribution in [0.4, 0.5) is 8.78 Å². The number of hydrogen-bond donors (Lipinski definition) is 1. The van der Waals surface area contributed by atoms with E-state index in [0.29, 0.717) is 0 Å². The summed E-state index contributed by atoms with van der Waals surface area (Å²) in [6.07, 6.45) is -2.40. The van der Waals surface area contributed by atoms with Crippen LogP contribution in [0, 0.1) is 6.92 Å². The van der Waals surface area contributed by atoms with Crippen LogP contribution in [-0.2, 0) is 0 Å². The Balaban J connectivity index is 2.05. The number of nitrogens with zero attached hydrogens (tertiary/aromatic N) is 1. The molecule has 1 aliphatic rings. The minimum atomic E-state index is -2.29. The van der Waals surface area contributed by atoms with Gasteiger partial charge in [-0.15, -0.1) is 0 Å². The van der Waals surface area contributed by atoms with E-state index in [4.69, 9.17) is 0 Å². The Hall–Kier alpha value is -1.52. The number of aryl methyl sites for hydroxylation is 1. The zero-order chi connectivity index (χ0) is 15.5. The van der Waals surface area contributed by atoms with Crippen LogP contribution in [0.15, 0.2) is 36.4 Å². The molecule has 1 saturated heterocycles. The van der Waals surface area contributed by atoms with Crippen LogP contribution in [0.5, 0.6) is 0 Å². The number of fused-ring (bicyclic) bond motifs is 1. The molecule has 0 bridgehead atoms. The van der Waals surface area contributed by atoms with E-state index in [1.54, 1.807) is 0 Å². The standard InChI is InChI=1S/C18H22F2N2/c1-13-6-7-16(15-5-3-2-4-14(13)15)17(12-18(19)20)22-10-8-21-9-11-22/h2-7,17-18,21H,8-12H2,1H3/t17-/m0/s1. The molecule has 2 nitrogen and oxygen atoms in total. The van der Waals surface area contributed by atoms with Gasteiger partial charge in [0.05, 0.1) is 0 Å². The lowest BCUT2D eigenvalue weighted by atomic mass is 9.93. The first kappa shape index (κ1) is 15.4. The summed E-state index contributed by atoms with van der Waals surface area (Å²) in [7, 11) is 0. The van der Waals surface area contributed by atoms with Crippen molar-refractivity contribution < 1.29 is 8.78 Å². The topological polar surface area (TPSA) is 15.3 Å². The van der Waals surface area contributed by atoms with Crippen molar-refractivity contribution in [3.63, 3.8) is 0 Å². The van der Waals surface area contributed by atoms with E-state index in [9.17, 15) is 8.78 Å². The Morgan fingerprint density at radius 3 is 2.41 bits per heavy atom. The number of piperazine rings is 1. The fourth-order valence-corrected chi connectivity index (χ4v) is 3.40. The Kier molecular flexibility index (Phi) is 4.69. The average molecular weight is 304 g/mol. The summed E-state index contributed by atoms with van der Waals surface area (Å²) in [6, 6.07) is 12.0. The molecule has 22 heavy (non-hydrogen) atoms. The lowest BCUT2D eigenvalue weighted by Gasteiger charge is -2.35. The molecule has 0 saturated carbocycles. The van der Waals surface area contributed by atoms with E-state index in [2.05, 4.69) is 35.3 Å². The monoisotopic (exact) mass is 304 g/mol. The SMILES string of the molecule is Cc1ccc([C@H](CC(F)F)N2CCNCC2)c2ccccc12. The second kappa shape index (κ2) is 6.71. The molecular formula is C18H22F2N2. The van der Waals surface area contributed by atoms with Crippen molar-refractivity contribution in [2.75, 3.05) is 26.2 Å². The molecule has 1 aliphatic heterocycles. The van der Waals surface area contributed by atoms with Gasteiger partial charge < -0.3 is 5.32 Å². The molecule has 1 atom stereocenters. The third kappa shape index (κ3) is 3.13. The van der Waals surface area contributed by atoms with Crippen molar-refractivity contribution in [1.82, 2.24) is 10.2 Å².